The third-order valence-corrected chi connectivity index (χ3v) is 5.45. The number of likely N-dealkylation sites (tertiary alicyclic amines) is 1. The average Bonchev–Trinajstić information content (AvgIpc) is 3.07. The molecule has 1 aromatic carbocycles. The van der Waals surface area contributed by atoms with E-state index in [0.717, 1.165) is 39.0 Å². The van der Waals surface area contributed by atoms with Crippen LogP contribution in [0.15, 0.2) is 18.2 Å². The van der Waals surface area contributed by atoms with Crippen molar-refractivity contribution in [1.29, 1.82) is 0 Å². The summed E-state index contributed by atoms with van der Waals surface area (Å²) in [6.07, 6.45) is 1.73. The Hall–Kier alpha value is -2.04. The van der Waals surface area contributed by atoms with Crippen LogP contribution in [0, 0.1) is 13.8 Å². The van der Waals surface area contributed by atoms with Gasteiger partial charge in [-0.05, 0) is 43.9 Å². The van der Waals surface area contributed by atoms with Crippen LogP contribution in [0.3, 0.4) is 0 Å². The fourth-order valence-electron chi connectivity index (χ4n) is 3.86. The van der Waals surface area contributed by atoms with Gasteiger partial charge in [0, 0.05) is 45.3 Å². The molecular formula is C19H27N3O2. The second kappa shape index (κ2) is 6.83. The number of hydrogen-bond donors (Lipinski definition) is 0. The van der Waals surface area contributed by atoms with Crippen LogP contribution in [0.25, 0.3) is 0 Å². The first kappa shape index (κ1) is 16.8. The zero-order valence-corrected chi connectivity index (χ0v) is 14.9. The van der Waals surface area contributed by atoms with E-state index in [0.29, 0.717) is 6.54 Å². The van der Waals surface area contributed by atoms with Gasteiger partial charge in [-0.25, -0.2) is 0 Å². The number of aryl methyl sites for hydroxylation is 1. The molecule has 5 nitrogen and oxygen atoms in total. The topological polar surface area (TPSA) is 43.9 Å². The normalized spacial score (nSPS) is 21.3. The number of amides is 2. The molecule has 2 aliphatic heterocycles. The van der Waals surface area contributed by atoms with Gasteiger partial charge in [0.05, 0.1) is 0 Å². The van der Waals surface area contributed by atoms with Crippen LogP contribution >= 0.6 is 0 Å². The zero-order chi connectivity index (χ0) is 17.3. The van der Waals surface area contributed by atoms with Crippen molar-refractivity contribution < 1.29 is 9.59 Å². The largest absolute Gasteiger partial charge is 0.368 e. The Morgan fingerprint density at radius 1 is 1.04 bits per heavy atom. The van der Waals surface area contributed by atoms with Crippen LogP contribution in [-0.2, 0) is 9.59 Å². The van der Waals surface area contributed by atoms with E-state index in [2.05, 4.69) is 36.9 Å². The van der Waals surface area contributed by atoms with E-state index in [1.165, 1.54) is 16.8 Å². The molecule has 2 saturated heterocycles. The molecule has 130 valence electrons. The molecule has 0 aromatic heterocycles. The highest BCUT2D eigenvalue weighted by Gasteiger charge is 2.36. The van der Waals surface area contributed by atoms with E-state index in [-0.39, 0.29) is 17.9 Å². The summed E-state index contributed by atoms with van der Waals surface area (Å²) >= 11 is 0. The maximum absolute atomic E-state index is 12.8. The summed E-state index contributed by atoms with van der Waals surface area (Å²) in [6, 6.07) is 6.15. The van der Waals surface area contributed by atoms with Crippen molar-refractivity contribution in [2.75, 3.05) is 37.6 Å². The van der Waals surface area contributed by atoms with Gasteiger partial charge in [-0.2, -0.15) is 0 Å². The first-order valence-electron chi connectivity index (χ1n) is 8.86. The van der Waals surface area contributed by atoms with E-state index < -0.39 is 0 Å². The number of rotatable bonds is 2. The van der Waals surface area contributed by atoms with Gasteiger partial charge in [0.1, 0.15) is 6.04 Å². The lowest BCUT2D eigenvalue weighted by Gasteiger charge is -2.39. The van der Waals surface area contributed by atoms with Crippen LogP contribution in [-0.4, -0.2) is 60.4 Å². The molecule has 0 N–H and O–H groups in total. The fourth-order valence-corrected chi connectivity index (χ4v) is 3.86. The summed E-state index contributed by atoms with van der Waals surface area (Å²) in [5.74, 6) is 0.142. The number of carbonyl (C=O) groups excluding carboxylic acids is 2. The van der Waals surface area contributed by atoms with Crippen LogP contribution in [0.2, 0.25) is 0 Å². The Morgan fingerprint density at radius 3 is 2.42 bits per heavy atom. The molecule has 1 aromatic rings. The Kier molecular flexibility index (Phi) is 4.78. The molecule has 2 heterocycles. The maximum atomic E-state index is 12.8. The highest BCUT2D eigenvalue weighted by molar-refractivity contribution is 5.87. The molecule has 3 rings (SSSR count). The molecule has 0 bridgehead atoms. The van der Waals surface area contributed by atoms with E-state index in [9.17, 15) is 9.59 Å². The van der Waals surface area contributed by atoms with Crippen LogP contribution in [0.5, 0.6) is 0 Å². The molecule has 0 saturated carbocycles. The molecule has 0 spiro atoms. The highest BCUT2D eigenvalue weighted by atomic mass is 16.2. The lowest BCUT2D eigenvalue weighted by atomic mass is 10.1. The number of benzene rings is 1. The Labute approximate surface area is 144 Å². The van der Waals surface area contributed by atoms with E-state index in [1.807, 2.05) is 4.90 Å². The summed E-state index contributed by atoms with van der Waals surface area (Å²) in [5, 5.41) is 0. The molecule has 0 radical (unpaired) electrons. The van der Waals surface area contributed by atoms with Crippen molar-refractivity contribution in [3.63, 3.8) is 0 Å². The van der Waals surface area contributed by atoms with Crippen molar-refractivity contribution in [2.24, 2.45) is 0 Å². The minimum absolute atomic E-state index is 0.0138. The van der Waals surface area contributed by atoms with Crippen LogP contribution in [0.1, 0.15) is 30.9 Å². The summed E-state index contributed by atoms with van der Waals surface area (Å²) in [4.78, 5) is 30.5. The molecule has 1 unspecified atom stereocenters. The number of carbonyl (C=O) groups is 2. The lowest BCUT2D eigenvalue weighted by molar-refractivity contribution is -0.143. The molecule has 2 fully saturated rings. The number of anilines is 1. The third kappa shape index (κ3) is 3.12. The standard InChI is InChI=1S/C19H27N3O2/c1-14-6-4-7-17(15(14)2)20-10-12-21(13-11-20)19(24)18-8-5-9-22(18)16(3)23/h4,6-7,18H,5,8-13H2,1-3H3. The van der Waals surface area contributed by atoms with Gasteiger partial charge in [-0.15, -0.1) is 0 Å². The van der Waals surface area contributed by atoms with Gasteiger partial charge in [0.25, 0.3) is 0 Å². The van der Waals surface area contributed by atoms with Crippen LogP contribution < -0.4 is 4.90 Å². The van der Waals surface area contributed by atoms with Crippen molar-refractivity contribution in [1.82, 2.24) is 9.80 Å². The molecule has 0 aliphatic carbocycles. The summed E-state index contributed by atoms with van der Waals surface area (Å²) in [6.45, 7) is 9.73. The van der Waals surface area contributed by atoms with Crippen molar-refractivity contribution >= 4 is 17.5 Å². The highest BCUT2D eigenvalue weighted by Crippen LogP contribution is 2.25. The summed E-state index contributed by atoms with van der Waals surface area (Å²) in [7, 11) is 0. The SMILES string of the molecule is CC(=O)N1CCCC1C(=O)N1CCN(c2cccc(C)c2C)CC1. The monoisotopic (exact) mass is 329 g/mol. The quantitative estimate of drug-likeness (QED) is 0.833. The Bertz CT molecular complexity index is 635. The summed E-state index contributed by atoms with van der Waals surface area (Å²) in [5.41, 5.74) is 3.89. The number of hydrogen-bond acceptors (Lipinski definition) is 3. The Balaban J connectivity index is 1.64. The number of nitrogens with zero attached hydrogens (tertiary/aromatic N) is 3. The second-order valence-electron chi connectivity index (χ2n) is 6.90. The first-order chi connectivity index (χ1) is 11.5. The number of piperazine rings is 1. The van der Waals surface area contributed by atoms with Gasteiger partial charge in [0.15, 0.2) is 0 Å². The van der Waals surface area contributed by atoms with Gasteiger partial charge < -0.3 is 14.7 Å². The molecule has 1 atom stereocenters. The molecular weight excluding hydrogens is 302 g/mol. The van der Waals surface area contributed by atoms with Gasteiger partial charge in [0.2, 0.25) is 11.8 Å². The molecule has 2 amide bonds. The predicted octanol–water partition coefficient (Wildman–Crippen LogP) is 1.96. The smallest absolute Gasteiger partial charge is 0.245 e. The van der Waals surface area contributed by atoms with Crippen molar-refractivity contribution in [3.8, 4) is 0 Å². The van der Waals surface area contributed by atoms with E-state index in [4.69, 9.17) is 0 Å². The maximum Gasteiger partial charge on any atom is 0.245 e. The minimum atomic E-state index is -0.241. The van der Waals surface area contributed by atoms with Crippen LogP contribution in [0.4, 0.5) is 5.69 Å². The zero-order valence-electron chi connectivity index (χ0n) is 14.9. The Morgan fingerprint density at radius 2 is 1.75 bits per heavy atom. The molecule has 2 aliphatic rings. The van der Waals surface area contributed by atoms with Gasteiger partial charge >= 0.3 is 0 Å². The second-order valence-corrected chi connectivity index (χ2v) is 6.90. The minimum Gasteiger partial charge on any atom is -0.368 e. The van der Waals surface area contributed by atoms with E-state index in [1.54, 1.807) is 11.8 Å². The van der Waals surface area contributed by atoms with E-state index >= 15 is 0 Å². The van der Waals surface area contributed by atoms with Crippen molar-refractivity contribution in [2.45, 2.75) is 39.7 Å². The summed E-state index contributed by atoms with van der Waals surface area (Å²) < 4.78 is 0. The molecule has 24 heavy (non-hydrogen) atoms. The predicted molar refractivity (Wildman–Crippen MR) is 95.1 cm³/mol. The third-order valence-electron chi connectivity index (χ3n) is 5.45. The van der Waals surface area contributed by atoms with Gasteiger partial charge in [-0.1, -0.05) is 12.1 Å². The van der Waals surface area contributed by atoms with Gasteiger partial charge in [-0.3, -0.25) is 9.59 Å². The lowest BCUT2D eigenvalue weighted by Crippen LogP contribution is -2.54. The molecule has 5 heteroatoms. The first-order valence-corrected chi connectivity index (χ1v) is 8.86. The average molecular weight is 329 g/mol. The fraction of sp³-hybridized carbons (Fsp3) is 0.579. The van der Waals surface area contributed by atoms with Crippen molar-refractivity contribution in [3.05, 3.63) is 29.3 Å².